The molecule has 0 saturated carbocycles. The molecule has 2 aromatic heterocycles. The van der Waals surface area contributed by atoms with Crippen LogP contribution < -0.4 is 4.90 Å². The number of nitrogens with zero attached hydrogens (tertiary/aromatic N) is 6. The maximum Gasteiger partial charge on any atom is 0.253 e. The van der Waals surface area contributed by atoms with Gasteiger partial charge < -0.3 is 9.80 Å². The van der Waals surface area contributed by atoms with Crippen LogP contribution in [0.3, 0.4) is 0 Å². The smallest absolute Gasteiger partial charge is 0.253 e. The number of benzene rings is 2. The van der Waals surface area contributed by atoms with Crippen molar-refractivity contribution in [1.29, 1.82) is 0 Å². The van der Waals surface area contributed by atoms with Crippen LogP contribution in [0.4, 0.5) is 5.95 Å². The number of rotatable bonds is 2. The number of hydrogen-bond acceptors (Lipinski definition) is 5. The average Bonchev–Trinajstić information content (AvgIpc) is 2.99. The van der Waals surface area contributed by atoms with Gasteiger partial charge in [-0.1, -0.05) is 29.8 Å². The summed E-state index contributed by atoms with van der Waals surface area (Å²) in [5.74, 6) is 1.48. The molecule has 4 aromatic rings. The number of fused-ring (bicyclic) bond motifs is 3. The molecule has 0 spiro atoms. The van der Waals surface area contributed by atoms with Gasteiger partial charge >= 0.3 is 0 Å². The van der Waals surface area contributed by atoms with E-state index in [4.69, 9.17) is 16.6 Å². The lowest BCUT2D eigenvalue weighted by atomic mass is 10.2. The molecule has 1 saturated heterocycles. The first kappa shape index (κ1) is 18.8. The van der Waals surface area contributed by atoms with Gasteiger partial charge in [0, 0.05) is 42.2 Å². The fraction of sp³-hybridized carbons (Fsp3) is 0.273. The SMILES string of the molecule is Cc1nc2c3ccccc3nc(N3CCCN(C(=O)c4cccc(Cl)c4)CC3)n2n1. The van der Waals surface area contributed by atoms with E-state index < -0.39 is 0 Å². The molecule has 1 fully saturated rings. The van der Waals surface area contributed by atoms with Gasteiger partial charge in [0.15, 0.2) is 5.65 Å². The summed E-state index contributed by atoms with van der Waals surface area (Å²) in [6, 6.07) is 15.1. The van der Waals surface area contributed by atoms with Crippen molar-refractivity contribution in [2.75, 3.05) is 31.1 Å². The third kappa shape index (κ3) is 3.35. The number of anilines is 1. The molecule has 0 bridgehead atoms. The number of amides is 1. The first-order valence-electron chi connectivity index (χ1n) is 10.0. The minimum Gasteiger partial charge on any atom is -0.339 e. The molecule has 152 valence electrons. The number of carbonyl (C=O) groups excluding carboxylic acids is 1. The van der Waals surface area contributed by atoms with Crippen LogP contribution >= 0.6 is 11.6 Å². The zero-order valence-corrected chi connectivity index (χ0v) is 17.4. The Bertz CT molecular complexity index is 1250. The van der Waals surface area contributed by atoms with Crippen molar-refractivity contribution in [3.05, 3.63) is 64.9 Å². The van der Waals surface area contributed by atoms with E-state index in [9.17, 15) is 4.79 Å². The molecule has 1 aliphatic heterocycles. The highest BCUT2D eigenvalue weighted by atomic mass is 35.5. The molecule has 8 heteroatoms. The van der Waals surface area contributed by atoms with Gasteiger partial charge in [-0.2, -0.15) is 4.52 Å². The quantitative estimate of drug-likeness (QED) is 0.495. The molecule has 5 rings (SSSR count). The number of carbonyl (C=O) groups is 1. The predicted octanol–water partition coefficient (Wildman–Crippen LogP) is 3.59. The van der Waals surface area contributed by atoms with Crippen molar-refractivity contribution in [2.24, 2.45) is 0 Å². The summed E-state index contributed by atoms with van der Waals surface area (Å²) in [6.07, 6.45) is 0.843. The summed E-state index contributed by atoms with van der Waals surface area (Å²) >= 11 is 6.07. The Kier molecular flexibility index (Phi) is 4.75. The summed E-state index contributed by atoms with van der Waals surface area (Å²) in [4.78, 5) is 26.5. The van der Waals surface area contributed by atoms with Gasteiger partial charge in [-0.25, -0.2) is 9.97 Å². The lowest BCUT2D eigenvalue weighted by Crippen LogP contribution is -2.36. The molecule has 2 aromatic carbocycles. The van der Waals surface area contributed by atoms with Crippen molar-refractivity contribution in [2.45, 2.75) is 13.3 Å². The van der Waals surface area contributed by atoms with Gasteiger partial charge in [0.05, 0.1) is 5.52 Å². The van der Waals surface area contributed by atoms with Gasteiger partial charge in [0.1, 0.15) is 5.82 Å². The standard InChI is InChI=1S/C22H21ClN6O/c1-15-24-20-18-8-2-3-9-19(18)25-22(29(20)26-15)28-11-5-10-27(12-13-28)21(30)16-6-4-7-17(23)14-16/h2-4,6-9,14H,5,10-13H2,1H3. The molecule has 0 N–H and O–H groups in total. The largest absolute Gasteiger partial charge is 0.339 e. The molecule has 1 aliphatic rings. The molecular formula is C22H21ClN6O. The van der Waals surface area contributed by atoms with E-state index in [1.54, 1.807) is 12.1 Å². The zero-order valence-electron chi connectivity index (χ0n) is 16.6. The summed E-state index contributed by atoms with van der Waals surface area (Å²) in [6.45, 7) is 4.65. The van der Waals surface area contributed by atoms with E-state index in [0.29, 0.717) is 36.0 Å². The van der Waals surface area contributed by atoms with Crippen molar-refractivity contribution in [1.82, 2.24) is 24.5 Å². The molecule has 30 heavy (non-hydrogen) atoms. The molecule has 0 atom stereocenters. The Hall–Kier alpha value is -3.19. The third-order valence-corrected chi connectivity index (χ3v) is 5.64. The minimum absolute atomic E-state index is 0.00701. The minimum atomic E-state index is 0.00701. The lowest BCUT2D eigenvalue weighted by Gasteiger charge is -2.23. The molecule has 7 nitrogen and oxygen atoms in total. The van der Waals surface area contributed by atoms with Crippen LogP contribution in [0.2, 0.25) is 5.02 Å². The zero-order chi connectivity index (χ0) is 20.7. The van der Waals surface area contributed by atoms with Crippen LogP contribution in [-0.2, 0) is 0 Å². The highest BCUT2D eigenvalue weighted by molar-refractivity contribution is 6.30. The van der Waals surface area contributed by atoms with E-state index in [-0.39, 0.29) is 5.91 Å². The van der Waals surface area contributed by atoms with Gasteiger partial charge in [0.25, 0.3) is 5.91 Å². The number of halogens is 1. The van der Waals surface area contributed by atoms with Gasteiger partial charge in [-0.3, -0.25) is 4.79 Å². The van der Waals surface area contributed by atoms with Gasteiger partial charge in [-0.15, -0.1) is 5.10 Å². The summed E-state index contributed by atoms with van der Waals surface area (Å²) in [5.41, 5.74) is 2.32. The second-order valence-corrected chi connectivity index (χ2v) is 7.90. The monoisotopic (exact) mass is 420 g/mol. The van der Waals surface area contributed by atoms with Crippen LogP contribution in [0, 0.1) is 6.92 Å². The molecule has 0 radical (unpaired) electrons. The van der Waals surface area contributed by atoms with Gasteiger partial charge in [0.2, 0.25) is 5.95 Å². The van der Waals surface area contributed by atoms with Crippen LogP contribution in [0.15, 0.2) is 48.5 Å². The Morgan fingerprint density at radius 3 is 2.73 bits per heavy atom. The third-order valence-electron chi connectivity index (χ3n) is 5.41. The Balaban J connectivity index is 1.46. The summed E-state index contributed by atoms with van der Waals surface area (Å²) in [5, 5.41) is 6.14. The number of hydrogen-bond donors (Lipinski definition) is 0. The summed E-state index contributed by atoms with van der Waals surface area (Å²) in [7, 11) is 0. The fourth-order valence-corrected chi connectivity index (χ4v) is 4.16. The van der Waals surface area contributed by atoms with E-state index in [0.717, 1.165) is 35.5 Å². The van der Waals surface area contributed by atoms with E-state index in [1.165, 1.54) is 0 Å². The second-order valence-electron chi connectivity index (χ2n) is 7.47. The molecule has 0 unspecified atom stereocenters. The highest BCUT2D eigenvalue weighted by Crippen LogP contribution is 2.24. The first-order chi connectivity index (χ1) is 14.6. The van der Waals surface area contributed by atoms with E-state index in [1.807, 2.05) is 52.7 Å². The Morgan fingerprint density at radius 1 is 1.00 bits per heavy atom. The van der Waals surface area contributed by atoms with Crippen LogP contribution in [0.25, 0.3) is 16.6 Å². The van der Waals surface area contributed by atoms with Crippen LogP contribution in [-0.4, -0.2) is 56.6 Å². The maximum absolute atomic E-state index is 12.9. The van der Waals surface area contributed by atoms with Gasteiger partial charge in [-0.05, 0) is 43.7 Å². The Morgan fingerprint density at radius 2 is 1.87 bits per heavy atom. The summed E-state index contributed by atoms with van der Waals surface area (Å²) < 4.78 is 1.83. The van der Waals surface area contributed by atoms with Crippen molar-refractivity contribution >= 4 is 40.0 Å². The average molecular weight is 421 g/mol. The van der Waals surface area contributed by atoms with Crippen molar-refractivity contribution < 1.29 is 4.79 Å². The number of para-hydroxylation sites is 1. The predicted molar refractivity (Wildman–Crippen MR) is 117 cm³/mol. The molecule has 1 amide bonds. The second kappa shape index (κ2) is 7.57. The normalized spacial score (nSPS) is 15.0. The highest BCUT2D eigenvalue weighted by Gasteiger charge is 2.23. The van der Waals surface area contributed by atoms with Crippen LogP contribution in [0.1, 0.15) is 22.6 Å². The Labute approximate surface area is 178 Å². The maximum atomic E-state index is 12.9. The van der Waals surface area contributed by atoms with E-state index >= 15 is 0 Å². The number of aryl methyl sites for hydroxylation is 1. The fourth-order valence-electron chi connectivity index (χ4n) is 3.97. The van der Waals surface area contributed by atoms with Crippen molar-refractivity contribution in [3.8, 4) is 0 Å². The lowest BCUT2D eigenvalue weighted by molar-refractivity contribution is 0.0767. The molecule has 3 heterocycles. The topological polar surface area (TPSA) is 66.6 Å². The van der Waals surface area contributed by atoms with E-state index in [2.05, 4.69) is 15.0 Å². The first-order valence-corrected chi connectivity index (χ1v) is 10.4. The van der Waals surface area contributed by atoms with Crippen molar-refractivity contribution in [3.63, 3.8) is 0 Å². The van der Waals surface area contributed by atoms with Crippen LogP contribution in [0.5, 0.6) is 0 Å². The number of aromatic nitrogens is 4. The molecular weight excluding hydrogens is 400 g/mol. The molecule has 0 aliphatic carbocycles.